The molecule has 0 bridgehead atoms. The van der Waals surface area contributed by atoms with Crippen LogP contribution in [-0.2, 0) is 16.0 Å². The molecule has 0 aromatic heterocycles. The minimum Gasteiger partial charge on any atom is -0.480 e. The number of aryl methyl sites for hydroxylation is 1. The molecule has 2 aromatic rings. The number of nitrogens with zero attached hydrogens (tertiary/aromatic N) is 1. The molecule has 7 nitrogen and oxygen atoms in total. The molecule has 2 aromatic carbocycles. The van der Waals surface area contributed by atoms with Gasteiger partial charge in [-0.15, -0.1) is 0 Å². The van der Waals surface area contributed by atoms with E-state index in [1.54, 1.807) is 24.3 Å². The number of aliphatic carboxylic acids is 2. The number of amides is 1. The fourth-order valence-corrected chi connectivity index (χ4v) is 3.56. The number of nitrogens with one attached hydrogen (secondary N) is 1. The van der Waals surface area contributed by atoms with Crippen LogP contribution in [0.3, 0.4) is 0 Å². The molecule has 0 radical (unpaired) electrons. The molecule has 29 heavy (non-hydrogen) atoms. The van der Waals surface area contributed by atoms with Crippen LogP contribution >= 0.6 is 0 Å². The van der Waals surface area contributed by atoms with Gasteiger partial charge in [0.15, 0.2) is 0 Å². The average Bonchev–Trinajstić information content (AvgIpc) is 3.22. The van der Waals surface area contributed by atoms with Gasteiger partial charge in [0.1, 0.15) is 12.1 Å². The van der Waals surface area contributed by atoms with E-state index < -0.39 is 24.0 Å². The number of carbonyl (C=O) groups is 3. The van der Waals surface area contributed by atoms with Crippen molar-refractivity contribution in [2.24, 2.45) is 0 Å². The van der Waals surface area contributed by atoms with E-state index in [0.717, 1.165) is 5.56 Å². The third kappa shape index (κ3) is 5.13. The van der Waals surface area contributed by atoms with Gasteiger partial charge in [0.25, 0.3) is 5.91 Å². The van der Waals surface area contributed by atoms with Crippen molar-refractivity contribution < 1.29 is 24.6 Å². The summed E-state index contributed by atoms with van der Waals surface area (Å²) in [6, 6.07) is 14.6. The summed E-state index contributed by atoms with van der Waals surface area (Å²) < 4.78 is 0. The molecular formula is C22H24N2O5. The summed E-state index contributed by atoms with van der Waals surface area (Å²) in [5, 5.41) is 21.7. The van der Waals surface area contributed by atoms with Crippen LogP contribution < -0.4 is 5.32 Å². The lowest BCUT2D eigenvalue weighted by atomic mass is 10.0. The van der Waals surface area contributed by atoms with Gasteiger partial charge in [-0.05, 0) is 55.5 Å². The Morgan fingerprint density at radius 2 is 1.72 bits per heavy atom. The second-order valence-corrected chi connectivity index (χ2v) is 7.13. The largest absolute Gasteiger partial charge is 0.480 e. The SMILES string of the molecule is O=C(O)C(CCc1ccccc1)Nc1ccc(C(=O)N2CCC[C@H]2C(=O)O)cc1. The first-order valence-corrected chi connectivity index (χ1v) is 9.63. The third-order valence-electron chi connectivity index (χ3n) is 5.13. The van der Waals surface area contributed by atoms with E-state index in [1.165, 1.54) is 4.90 Å². The molecule has 1 fully saturated rings. The Labute approximate surface area is 169 Å². The van der Waals surface area contributed by atoms with Crippen LogP contribution in [0.25, 0.3) is 0 Å². The van der Waals surface area contributed by atoms with Gasteiger partial charge in [-0.3, -0.25) is 4.79 Å². The summed E-state index contributed by atoms with van der Waals surface area (Å²) in [7, 11) is 0. The smallest absolute Gasteiger partial charge is 0.326 e. The predicted molar refractivity (Wildman–Crippen MR) is 108 cm³/mol. The highest BCUT2D eigenvalue weighted by Crippen LogP contribution is 2.21. The van der Waals surface area contributed by atoms with Gasteiger partial charge in [0.05, 0.1) is 0 Å². The number of benzene rings is 2. The summed E-state index contributed by atoms with van der Waals surface area (Å²) in [4.78, 5) is 36.9. The van der Waals surface area contributed by atoms with Crippen LogP contribution in [0.2, 0.25) is 0 Å². The Morgan fingerprint density at radius 1 is 1.03 bits per heavy atom. The van der Waals surface area contributed by atoms with Crippen LogP contribution in [0.4, 0.5) is 5.69 Å². The quantitative estimate of drug-likeness (QED) is 0.633. The second kappa shape index (κ2) is 9.23. The maximum absolute atomic E-state index is 12.6. The molecule has 0 spiro atoms. The lowest BCUT2D eigenvalue weighted by Crippen LogP contribution is -2.40. The van der Waals surface area contributed by atoms with Crippen molar-refractivity contribution in [3.63, 3.8) is 0 Å². The van der Waals surface area contributed by atoms with Crippen LogP contribution in [0.1, 0.15) is 35.2 Å². The molecule has 1 unspecified atom stereocenters. The molecule has 1 amide bonds. The predicted octanol–water partition coefficient (Wildman–Crippen LogP) is 2.87. The van der Waals surface area contributed by atoms with Gasteiger partial charge in [-0.25, -0.2) is 9.59 Å². The fourth-order valence-electron chi connectivity index (χ4n) is 3.56. The molecule has 0 aliphatic carbocycles. The van der Waals surface area contributed by atoms with Crippen molar-refractivity contribution in [2.45, 2.75) is 37.8 Å². The molecule has 3 N–H and O–H groups in total. The van der Waals surface area contributed by atoms with Gasteiger partial charge in [0.2, 0.25) is 0 Å². The van der Waals surface area contributed by atoms with Crippen LogP contribution in [-0.4, -0.2) is 51.6 Å². The molecule has 1 aliphatic heterocycles. The minimum atomic E-state index is -0.989. The summed E-state index contributed by atoms with van der Waals surface area (Å²) in [5.74, 6) is -2.25. The normalized spacial score (nSPS) is 17.0. The highest BCUT2D eigenvalue weighted by Gasteiger charge is 2.34. The second-order valence-electron chi connectivity index (χ2n) is 7.13. The Balaban J connectivity index is 1.63. The maximum Gasteiger partial charge on any atom is 0.326 e. The fraction of sp³-hybridized carbons (Fsp3) is 0.318. The van der Waals surface area contributed by atoms with E-state index >= 15 is 0 Å². The van der Waals surface area contributed by atoms with Crippen molar-refractivity contribution >= 4 is 23.5 Å². The van der Waals surface area contributed by atoms with E-state index in [1.807, 2.05) is 30.3 Å². The number of hydrogen-bond acceptors (Lipinski definition) is 4. The lowest BCUT2D eigenvalue weighted by molar-refractivity contribution is -0.141. The first-order valence-electron chi connectivity index (χ1n) is 9.63. The summed E-state index contributed by atoms with van der Waals surface area (Å²) in [6.45, 7) is 0.427. The molecule has 152 valence electrons. The molecule has 3 rings (SSSR count). The Hall–Kier alpha value is -3.35. The van der Waals surface area contributed by atoms with Crippen LogP contribution in [0, 0.1) is 0 Å². The number of carboxylic acids is 2. The van der Waals surface area contributed by atoms with Gasteiger partial charge < -0.3 is 20.4 Å². The number of likely N-dealkylation sites (tertiary alicyclic amines) is 1. The first-order chi connectivity index (χ1) is 14.0. The molecule has 1 saturated heterocycles. The van der Waals surface area contributed by atoms with Crippen LogP contribution in [0.15, 0.2) is 54.6 Å². The van der Waals surface area contributed by atoms with Crippen LogP contribution in [0.5, 0.6) is 0 Å². The highest BCUT2D eigenvalue weighted by atomic mass is 16.4. The van der Waals surface area contributed by atoms with Gasteiger partial charge in [0, 0.05) is 17.8 Å². The number of hydrogen-bond donors (Lipinski definition) is 3. The average molecular weight is 396 g/mol. The highest BCUT2D eigenvalue weighted by molar-refractivity contribution is 5.97. The van der Waals surface area contributed by atoms with Gasteiger partial charge in [-0.2, -0.15) is 0 Å². The standard InChI is InChI=1S/C22H24N2O5/c25-20(24-14-4-7-19(24)22(28)29)16-9-11-17(12-10-16)23-18(21(26)27)13-8-15-5-2-1-3-6-15/h1-3,5-6,9-12,18-19,23H,4,7-8,13-14H2,(H,26,27)(H,28,29)/t18?,19-/m0/s1. The number of anilines is 1. The molecular weight excluding hydrogens is 372 g/mol. The topological polar surface area (TPSA) is 107 Å². The summed E-state index contributed by atoms with van der Waals surface area (Å²) in [5.41, 5.74) is 2.05. The zero-order chi connectivity index (χ0) is 20.8. The van der Waals surface area contributed by atoms with Crippen molar-refractivity contribution in [2.75, 3.05) is 11.9 Å². The van der Waals surface area contributed by atoms with Crippen molar-refractivity contribution in [1.82, 2.24) is 4.90 Å². The van der Waals surface area contributed by atoms with Crippen molar-refractivity contribution in [3.05, 3.63) is 65.7 Å². The van der Waals surface area contributed by atoms with E-state index in [2.05, 4.69) is 5.32 Å². The lowest BCUT2D eigenvalue weighted by Gasteiger charge is -2.21. The Kier molecular flexibility index (Phi) is 6.49. The molecule has 0 saturated carbocycles. The van der Waals surface area contributed by atoms with E-state index in [9.17, 15) is 24.6 Å². The monoisotopic (exact) mass is 396 g/mol. The van der Waals surface area contributed by atoms with Gasteiger partial charge >= 0.3 is 11.9 Å². The number of carbonyl (C=O) groups excluding carboxylic acids is 1. The van der Waals surface area contributed by atoms with Gasteiger partial charge in [-0.1, -0.05) is 30.3 Å². The Morgan fingerprint density at radius 3 is 2.34 bits per heavy atom. The molecule has 7 heteroatoms. The van der Waals surface area contributed by atoms with Crippen molar-refractivity contribution in [1.29, 1.82) is 0 Å². The van der Waals surface area contributed by atoms with Crippen molar-refractivity contribution in [3.8, 4) is 0 Å². The number of rotatable bonds is 8. The number of carboxylic acid groups (broad SMARTS) is 2. The zero-order valence-corrected chi connectivity index (χ0v) is 16.0. The zero-order valence-electron chi connectivity index (χ0n) is 16.0. The summed E-state index contributed by atoms with van der Waals surface area (Å²) in [6.07, 6.45) is 2.19. The summed E-state index contributed by atoms with van der Waals surface area (Å²) >= 11 is 0. The third-order valence-corrected chi connectivity index (χ3v) is 5.13. The minimum absolute atomic E-state index is 0.319. The molecule has 1 aliphatic rings. The molecule has 1 heterocycles. The first kappa shape index (κ1) is 20.4. The maximum atomic E-state index is 12.6. The Bertz CT molecular complexity index is 867. The van der Waals surface area contributed by atoms with E-state index in [0.29, 0.717) is 43.5 Å². The van der Waals surface area contributed by atoms with E-state index in [-0.39, 0.29) is 5.91 Å². The van der Waals surface area contributed by atoms with E-state index in [4.69, 9.17) is 0 Å². The molecule has 2 atom stereocenters.